The van der Waals surface area contributed by atoms with Gasteiger partial charge in [-0.15, -0.1) is 35.9 Å². The Balaban J connectivity index is 0.00000208. The van der Waals surface area contributed by atoms with E-state index in [1.807, 2.05) is 50.2 Å². The second kappa shape index (κ2) is 8.62. The minimum Gasteiger partial charge on any atom is -0.463 e. The molecule has 125 valence electrons. The zero-order valence-electron chi connectivity index (χ0n) is 13.5. The van der Waals surface area contributed by atoms with Gasteiger partial charge in [0.05, 0.1) is 6.61 Å². The van der Waals surface area contributed by atoms with Crippen LogP contribution in [0, 0.1) is 13.0 Å². The van der Waals surface area contributed by atoms with Crippen molar-refractivity contribution < 1.29 is 24.8 Å². The standard InChI is InChI=1S/C18H17N4O.Ir/c1-3-11-23-18-21-13(2)20-17(22-18)15-9-10-16(19-12-15)14-7-5-4-6-8-14;/h4-7,9-10,12H,3,11H2,1-2H3;/q-1;. The van der Waals surface area contributed by atoms with E-state index in [1.165, 1.54) is 0 Å². The van der Waals surface area contributed by atoms with Gasteiger partial charge in [-0.25, -0.2) is 4.98 Å². The first-order chi connectivity index (χ1) is 11.3. The molecule has 2 aromatic heterocycles. The number of ether oxygens (including phenoxy) is 1. The van der Waals surface area contributed by atoms with Crippen molar-refractivity contribution in [2.75, 3.05) is 6.61 Å². The maximum Gasteiger partial charge on any atom is 0.320 e. The van der Waals surface area contributed by atoms with E-state index in [9.17, 15) is 0 Å². The minimum absolute atomic E-state index is 0. The summed E-state index contributed by atoms with van der Waals surface area (Å²) >= 11 is 0. The van der Waals surface area contributed by atoms with Gasteiger partial charge in [0.1, 0.15) is 5.82 Å². The Kier molecular flexibility index (Phi) is 6.52. The molecule has 6 heteroatoms. The van der Waals surface area contributed by atoms with E-state index in [0.717, 1.165) is 23.2 Å². The molecule has 5 nitrogen and oxygen atoms in total. The van der Waals surface area contributed by atoms with Gasteiger partial charge in [-0.05, 0) is 19.0 Å². The van der Waals surface area contributed by atoms with Gasteiger partial charge in [0.25, 0.3) is 0 Å². The molecule has 0 spiro atoms. The van der Waals surface area contributed by atoms with E-state index in [-0.39, 0.29) is 20.1 Å². The van der Waals surface area contributed by atoms with Crippen LogP contribution in [-0.4, -0.2) is 26.5 Å². The number of benzene rings is 1. The van der Waals surface area contributed by atoms with Gasteiger partial charge in [0.15, 0.2) is 5.82 Å². The summed E-state index contributed by atoms with van der Waals surface area (Å²) in [5.74, 6) is 1.20. The van der Waals surface area contributed by atoms with Crippen molar-refractivity contribution in [2.45, 2.75) is 20.3 Å². The fraction of sp³-hybridized carbons (Fsp3) is 0.222. The normalized spacial score (nSPS) is 10.1. The summed E-state index contributed by atoms with van der Waals surface area (Å²) in [4.78, 5) is 17.4. The molecule has 0 bridgehead atoms. The van der Waals surface area contributed by atoms with Crippen LogP contribution in [0.15, 0.2) is 42.6 Å². The zero-order valence-corrected chi connectivity index (χ0v) is 15.9. The van der Waals surface area contributed by atoms with Gasteiger partial charge in [0, 0.05) is 31.9 Å². The molecule has 0 unspecified atom stereocenters. The molecule has 0 fully saturated rings. The Bertz CT molecular complexity index is 779. The van der Waals surface area contributed by atoms with Crippen molar-refractivity contribution >= 4 is 0 Å². The van der Waals surface area contributed by atoms with Crippen LogP contribution < -0.4 is 4.74 Å². The maximum absolute atomic E-state index is 5.50. The SMILES string of the molecule is CCCOc1nc(C)nc(-c2ccc(-c3[c-]cccc3)nc2)n1.[Ir]. The number of nitrogens with zero attached hydrogens (tertiary/aromatic N) is 4. The molecule has 3 rings (SSSR count). The molecule has 0 aliphatic heterocycles. The summed E-state index contributed by atoms with van der Waals surface area (Å²) in [5.41, 5.74) is 2.65. The monoisotopic (exact) mass is 498 g/mol. The number of rotatable bonds is 5. The molecule has 3 aromatic rings. The first-order valence-electron chi connectivity index (χ1n) is 7.55. The summed E-state index contributed by atoms with van der Waals surface area (Å²) in [6, 6.07) is 15.2. The Hall–Kier alpha value is -2.17. The zero-order chi connectivity index (χ0) is 16.1. The molecule has 0 saturated heterocycles. The first-order valence-corrected chi connectivity index (χ1v) is 7.55. The average molecular weight is 498 g/mol. The van der Waals surface area contributed by atoms with E-state index in [4.69, 9.17) is 4.74 Å². The Morgan fingerprint density at radius 1 is 1.08 bits per heavy atom. The quantitative estimate of drug-likeness (QED) is 0.505. The minimum atomic E-state index is 0. The van der Waals surface area contributed by atoms with Gasteiger partial charge in [-0.3, -0.25) is 0 Å². The van der Waals surface area contributed by atoms with E-state index in [1.54, 1.807) is 6.20 Å². The molecule has 0 N–H and O–H groups in total. The van der Waals surface area contributed by atoms with Crippen molar-refractivity contribution in [3.8, 4) is 28.7 Å². The summed E-state index contributed by atoms with van der Waals surface area (Å²) < 4.78 is 5.50. The van der Waals surface area contributed by atoms with Crippen LogP contribution in [0.2, 0.25) is 0 Å². The molecule has 0 amide bonds. The average Bonchev–Trinajstić information content (AvgIpc) is 2.60. The fourth-order valence-corrected chi connectivity index (χ4v) is 2.08. The van der Waals surface area contributed by atoms with Crippen LogP contribution >= 0.6 is 0 Å². The molecule has 24 heavy (non-hydrogen) atoms. The summed E-state index contributed by atoms with van der Waals surface area (Å²) in [7, 11) is 0. The van der Waals surface area contributed by atoms with Crippen molar-refractivity contribution in [2.24, 2.45) is 0 Å². The molecule has 2 heterocycles. The van der Waals surface area contributed by atoms with E-state index < -0.39 is 0 Å². The number of hydrogen-bond donors (Lipinski definition) is 0. The van der Waals surface area contributed by atoms with Gasteiger partial charge < -0.3 is 9.72 Å². The predicted molar refractivity (Wildman–Crippen MR) is 87.9 cm³/mol. The smallest absolute Gasteiger partial charge is 0.320 e. The molecular formula is C18H17IrN4O-. The summed E-state index contributed by atoms with van der Waals surface area (Å²) in [6.45, 7) is 4.45. The first kappa shape index (κ1) is 18.2. The van der Waals surface area contributed by atoms with Crippen LogP contribution in [0.5, 0.6) is 6.01 Å². The van der Waals surface area contributed by atoms with Gasteiger partial charge >= 0.3 is 6.01 Å². The molecule has 0 aliphatic rings. The second-order valence-electron chi connectivity index (χ2n) is 5.05. The fourth-order valence-electron chi connectivity index (χ4n) is 2.08. The Labute approximate surface area is 154 Å². The molecule has 0 atom stereocenters. The second-order valence-corrected chi connectivity index (χ2v) is 5.05. The number of aryl methyl sites for hydroxylation is 1. The number of hydrogen-bond acceptors (Lipinski definition) is 5. The molecular weight excluding hydrogens is 480 g/mol. The van der Waals surface area contributed by atoms with Crippen LogP contribution in [0.4, 0.5) is 0 Å². The van der Waals surface area contributed by atoms with Crippen LogP contribution in [0.3, 0.4) is 0 Å². The molecule has 1 radical (unpaired) electrons. The Morgan fingerprint density at radius 3 is 2.62 bits per heavy atom. The van der Waals surface area contributed by atoms with Gasteiger partial charge in [-0.2, -0.15) is 9.97 Å². The van der Waals surface area contributed by atoms with Gasteiger partial charge in [0.2, 0.25) is 0 Å². The largest absolute Gasteiger partial charge is 0.463 e. The van der Waals surface area contributed by atoms with Crippen LogP contribution in [0.25, 0.3) is 22.6 Å². The van der Waals surface area contributed by atoms with E-state index >= 15 is 0 Å². The van der Waals surface area contributed by atoms with Crippen molar-refractivity contribution in [1.82, 2.24) is 19.9 Å². The van der Waals surface area contributed by atoms with E-state index in [0.29, 0.717) is 24.3 Å². The molecule has 0 aliphatic carbocycles. The maximum atomic E-state index is 5.50. The molecule has 0 saturated carbocycles. The predicted octanol–water partition coefficient (Wildman–Crippen LogP) is 3.50. The Morgan fingerprint density at radius 2 is 1.96 bits per heavy atom. The third-order valence-electron chi connectivity index (χ3n) is 3.17. The topological polar surface area (TPSA) is 60.8 Å². The third-order valence-corrected chi connectivity index (χ3v) is 3.17. The third kappa shape index (κ3) is 4.43. The summed E-state index contributed by atoms with van der Waals surface area (Å²) in [5, 5.41) is 0. The van der Waals surface area contributed by atoms with Crippen LogP contribution in [0.1, 0.15) is 19.2 Å². The number of pyridine rings is 1. The van der Waals surface area contributed by atoms with Crippen molar-refractivity contribution in [3.05, 3.63) is 54.5 Å². The van der Waals surface area contributed by atoms with E-state index in [2.05, 4.69) is 26.0 Å². The van der Waals surface area contributed by atoms with Crippen molar-refractivity contribution in [3.63, 3.8) is 0 Å². The molecule has 1 aromatic carbocycles. The summed E-state index contributed by atoms with van der Waals surface area (Å²) in [6.07, 6.45) is 2.67. The van der Waals surface area contributed by atoms with Crippen LogP contribution in [-0.2, 0) is 20.1 Å². The number of aromatic nitrogens is 4. The van der Waals surface area contributed by atoms with Crippen molar-refractivity contribution in [1.29, 1.82) is 0 Å². The van der Waals surface area contributed by atoms with Gasteiger partial charge in [-0.1, -0.05) is 19.1 Å².